The zero-order valence-electron chi connectivity index (χ0n) is 21.5. The predicted molar refractivity (Wildman–Crippen MR) is 138 cm³/mol. The average Bonchev–Trinajstić information content (AvgIpc) is 3.55. The molecule has 1 amide bonds. The number of nitrogens with zero attached hydrogens (tertiary/aromatic N) is 6. The number of carbonyl (C=O) groups excluding carboxylic acids is 1. The number of carbonyl (C=O) groups is 1. The molecule has 5 heterocycles. The number of piperidine rings is 1. The Morgan fingerprint density at radius 1 is 1.30 bits per heavy atom. The van der Waals surface area contributed by atoms with E-state index in [2.05, 4.69) is 45.4 Å². The van der Waals surface area contributed by atoms with Crippen LogP contribution in [0.4, 0.5) is 10.3 Å². The molecule has 4 aliphatic rings. The lowest BCUT2D eigenvalue weighted by Gasteiger charge is -2.34. The van der Waals surface area contributed by atoms with Crippen LogP contribution in [0.2, 0.25) is 0 Å². The van der Waals surface area contributed by atoms with Gasteiger partial charge in [0.05, 0.1) is 6.10 Å². The number of aromatic nitrogens is 4. The molecule has 10 heteroatoms. The number of allylic oxidation sites excluding steroid dienone is 2. The molecule has 3 aliphatic heterocycles. The van der Waals surface area contributed by atoms with E-state index in [1.165, 1.54) is 6.08 Å². The molecule has 0 radical (unpaired) electrons. The quantitative estimate of drug-likeness (QED) is 0.666. The van der Waals surface area contributed by atoms with Crippen molar-refractivity contribution < 1.29 is 13.9 Å². The molecule has 2 aromatic heterocycles. The predicted octanol–water partition coefficient (Wildman–Crippen LogP) is 3.08. The van der Waals surface area contributed by atoms with Crippen molar-refractivity contribution in [3.05, 3.63) is 47.7 Å². The Balaban J connectivity index is 1.17. The van der Waals surface area contributed by atoms with Crippen LogP contribution in [0.5, 0.6) is 0 Å². The molecule has 2 aromatic rings. The lowest BCUT2D eigenvalue weighted by molar-refractivity contribution is -0.136. The summed E-state index contributed by atoms with van der Waals surface area (Å²) in [5.41, 5.74) is 3.08. The fourth-order valence-electron chi connectivity index (χ4n) is 6.12. The minimum absolute atomic E-state index is 0.0989. The van der Waals surface area contributed by atoms with Gasteiger partial charge in [-0.15, -0.1) is 10.2 Å². The third-order valence-corrected chi connectivity index (χ3v) is 8.63. The van der Waals surface area contributed by atoms with Gasteiger partial charge in [0.1, 0.15) is 12.2 Å². The summed E-state index contributed by atoms with van der Waals surface area (Å²) in [6.45, 7) is 6.27. The number of amides is 1. The molecule has 2 atom stereocenters. The molecular weight excluding hydrogens is 473 g/mol. The van der Waals surface area contributed by atoms with Crippen molar-refractivity contribution in [3.63, 3.8) is 0 Å². The molecular formula is C27H34FN7O2. The molecule has 1 aliphatic carbocycles. The minimum atomic E-state index is -0.359. The largest absolute Gasteiger partial charge is 0.373 e. The minimum Gasteiger partial charge on any atom is -0.373 e. The number of anilines is 1. The highest BCUT2D eigenvalue weighted by Crippen LogP contribution is 2.46. The molecule has 0 bridgehead atoms. The molecule has 6 rings (SSSR count). The standard InChI is InChI=1S/C27H34FN7O2/c1-27-9-14-37-23(27)4-3-22(28)21(27)16-30-26-29-15-20(24-32-31-17-35(24)26)18-7-12-34(13-8-18)25(36)19-5-10-33(2)11-6-19/h3-4,7,15,17,19,23H,5-6,8-14,16H2,1-2H3,(H,29,30). The SMILES string of the molecule is CN1CCC(C(=O)N2CC=C(c3cnc(NCC4=C(F)C=CC5OCCC45C)n4cnnc34)CC2)CC1. The van der Waals surface area contributed by atoms with E-state index < -0.39 is 0 Å². The third kappa shape index (κ3) is 4.35. The topological polar surface area (TPSA) is 87.9 Å². The summed E-state index contributed by atoms with van der Waals surface area (Å²) in [7, 11) is 2.11. The first-order valence-electron chi connectivity index (χ1n) is 13.2. The Kier molecular flexibility index (Phi) is 6.32. The summed E-state index contributed by atoms with van der Waals surface area (Å²) in [4.78, 5) is 21.9. The van der Waals surface area contributed by atoms with Gasteiger partial charge < -0.3 is 19.9 Å². The zero-order valence-corrected chi connectivity index (χ0v) is 21.5. The first-order valence-corrected chi connectivity index (χ1v) is 13.2. The van der Waals surface area contributed by atoms with Crippen LogP contribution in [-0.2, 0) is 9.53 Å². The maximum absolute atomic E-state index is 14.8. The highest BCUT2D eigenvalue weighted by molar-refractivity contribution is 5.82. The summed E-state index contributed by atoms with van der Waals surface area (Å²) in [5, 5.41) is 11.8. The third-order valence-electron chi connectivity index (χ3n) is 8.63. The average molecular weight is 508 g/mol. The number of nitrogens with one attached hydrogen (secondary N) is 1. The summed E-state index contributed by atoms with van der Waals surface area (Å²) < 4.78 is 22.4. The summed E-state index contributed by atoms with van der Waals surface area (Å²) >= 11 is 0. The van der Waals surface area contributed by atoms with Gasteiger partial charge in [-0.3, -0.25) is 9.20 Å². The Labute approximate surface area is 216 Å². The number of halogens is 1. The number of fused-ring (bicyclic) bond motifs is 2. The molecule has 1 N–H and O–H groups in total. The molecule has 9 nitrogen and oxygen atoms in total. The number of hydrogen-bond donors (Lipinski definition) is 1. The summed E-state index contributed by atoms with van der Waals surface area (Å²) in [6, 6.07) is 0. The van der Waals surface area contributed by atoms with Crippen molar-refractivity contribution in [1.82, 2.24) is 29.4 Å². The van der Waals surface area contributed by atoms with E-state index in [4.69, 9.17) is 4.74 Å². The van der Waals surface area contributed by atoms with Crippen LogP contribution in [0.25, 0.3) is 11.2 Å². The molecule has 196 valence electrons. The zero-order chi connectivity index (χ0) is 25.6. The van der Waals surface area contributed by atoms with Gasteiger partial charge in [-0.05, 0) is 63.0 Å². The van der Waals surface area contributed by atoms with E-state index in [1.807, 2.05) is 15.4 Å². The van der Waals surface area contributed by atoms with Crippen LogP contribution in [-0.4, -0.2) is 87.8 Å². The van der Waals surface area contributed by atoms with Gasteiger partial charge in [-0.2, -0.15) is 0 Å². The van der Waals surface area contributed by atoms with Crippen LogP contribution < -0.4 is 5.32 Å². The van der Waals surface area contributed by atoms with Gasteiger partial charge in [0.15, 0.2) is 5.65 Å². The smallest absolute Gasteiger partial charge is 0.226 e. The molecule has 0 saturated carbocycles. The van der Waals surface area contributed by atoms with Gasteiger partial charge in [-0.1, -0.05) is 19.1 Å². The summed E-state index contributed by atoms with van der Waals surface area (Å²) in [6.07, 6.45) is 12.2. The van der Waals surface area contributed by atoms with E-state index in [0.29, 0.717) is 43.4 Å². The van der Waals surface area contributed by atoms with Crippen molar-refractivity contribution in [2.24, 2.45) is 11.3 Å². The van der Waals surface area contributed by atoms with Crippen LogP contribution in [0.3, 0.4) is 0 Å². The Morgan fingerprint density at radius 3 is 2.92 bits per heavy atom. The maximum Gasteiger partial charge on any atom is 0.226 e. The van der Waals surface area contributed by atoms with Crippen molar-refractivity contribution in [1.29, 1.82) is 0 Å². The first-order chi connectivity index (χ1) is 17.9. The van der Waals surface area contributed by atoms with Crippen LogP contribution in [0, 0.1) is 11.3 Å². The number of ether oxygens (including phenoxy) is 1. The molecule has 0 spiro atoms. The van der Waals surface area contributed by atoms with E-state index in [1.54, 1.807) is 12.5 Å². The van der Waals surface area contributed by atoms with Gasteiger partial charge in [-0.25, -0.2) is 9.37 Å². The monoisotopic (exact) mass is 507 g/mol. The fraction of sp³-hybridized carbons (Fsp3) is 0.556. The molecule has 2 saturated heterocycles. The van der Waals surface area contributed by atoms with Crippen molar-refractivity contribution >= 4 is 23.1 Å². The number of rotatable bonds is 5. The summed E-state index contributed by atoms with van der Waals surface area (Å²) in [5.74, 6) is 0.763. The van der Waals surface area contributed by atoms with Gasteiger partial charge in [0, 0.05) is 49.3 Å². The van der Waals surface area contributed by atoms with Crippen molar-refractivity contribution in [2.45, 2.75) is 38.7 Å². The molecule has 2 unspecified atom stereocenters. The number of hydrogen-bond acceptors (Lipinski definition) is 7. The second-order valence-electron chi connectivity index (χ2n) is 10.9. The Morgan fingerprint density at radius 2 is 2.14 bits per heavy atom. The maximum atomic E-state index is 14.8. The van der Waals surface area contributed by atoms with Crippen molar-refractivity contribution in [3.8, 4) is 0 Å². The van der Waals surface area contributed by atoms with E-state index in [-0.39, 0.29) is 29.2 Å². The highest BCUT2D eigenvalue weighted by atomic mass is 19.1. The number of likely N-dealkylation sites (tertiary alicyclic amines) is 1. The van der Waals surface area contributed by atoms with Crippen LogP contribution >= 0.6 is 0 Å². The Bertz CT molecular complexity index is 1290. The van der Waals surface area contributed by atoms with Crippen LogP contribution in [0.15, 0.2) is 42.2 Å². The van der Waals surface area contributed by atoms with Crippen LogP contribution in [0.1, 0.15) is 38.2 Å². The first kappa shape index (κ1) is 24.2. The van der Waals surface area contributed by atoms with Gasteiger partial charge in [0.2, 0.25) is 11.9 Å². The lowest BCUT2D eigenvalue weighted by atomic mass is 9.73. The van der Waals surface area contributed by atoms with E-state index >= 15 is 0 Å². The molecule has 0 aromatic carbocycles. The highest BCUT2D eigenvalue weighted by Gasteiger charge is 2.44. The van der Waals surface area contributed by atoms with Gasteiger partial charge >= 0.3 is 0 Å². The second-order valence-corrected chi connectivity index (χ2v) is 10.9. The lowest BCUT2D eigenvalue weighted by Crippen LogP contribution is -2.43. The normalized spacial score (nSPS) is 27.1. The van der Waals surface area contributed by atoms with E-state index in [0.717, 1.165) is 49.9 Å². The Hall–Kier alpha value is -3.11. The molecule has 37 heavy (non-hydrogen) atoms. The van der Waals surface area contributed by atoms with Crippen molar-refractivity contribution in [2.75, 3.05) is 51.7 Å². The second kappa shape index (κ2) is 9.64. The molecule has 2 fully saturated rings. The van der Waals surface area contributed by atoms with Gasteiger partial charge in [0.25, 0.3) is 0 Å². The fourth-order valence-corrected chi connectivity index (χ4v) is 6.12. The van der Waals surface area contributed by atoms with E-state index in [9.17, 15) is 9.18 Å².